The number of aryl methyl sites for hydroxylation is 2. The Morgan fingerprint density at radius 3 is 2.67 bits per heavy atom. The van der Waals surface area contributed by atoms with E-state index in [4.69, 9.17) is 17.0 Å². The van der Waals surface area contributed by atoms with Crippen LogP contribution in [0.4, 0.5) is 0 Å². The van der Waals surface area contributed by atoms with Crippen LogP contribution in [0.1, 0.15) is 5.56 Å². The Bertz CT molecular complexity index is 820. The fourth-order valence-corrected chi connectivity index (χ4v) is 3.03. The summed E-state index contributed by atoms with van der Waals surface area (Å²) in [6, 6.07) is 14.3. The van der Waals surface area contributed by atoms with Gasteiger partial charge >= 0.3 is 0 Å². The van der Waals surface area contributed by atoms with Crippen LogP contribution in [0.15, 0.2) is 46.9 Å². The molecule has 3 rings (SSSR count). The first-order valence-corrected chi connectivity index (χ1v) is 7.88. The van der Waals surface area contributed by atoms with Crippen LogP contribution < -0.4 is 4.74 Å². The summed E-state index contributed by atoms with van der Waals surface area (Å²) in [5.41, 5.74) is 3.46. The van der Waals surface area contributed by atoms with Crippen LogP contribution in [-0.2, 0) is 13.0 Å². The number of fused-ring (bicyclic) bond motifs is 1. The van der Waals surface area contributed by atoms with Gasteiger partial charge in [-0.05, 0) is 54.5 Å². The number of imidazole rings is 1. The Labute approximate surface area is 136 Å². The second-order valence-electron chi connectivity index (χ2n) is 4.84. The van der Waals surface area contributed by atoms with Gasteiger partial charge in [0, 0.05) is 11.0 Å². The number of rotatable bonds is 4. The molecule has 0 bridgehead atoms. The topological polar surface area (TPSA) is 29.9 Å². The molecule has 0 saturated carbocycles. The van der Waals surface area contributed by atoms with Crippen LogP contribution in [0.2, 0.25) is 0 Å². The van der Waals surface area contributed by atoms with E-state index in [9.17, 15) is 0 Å². The van der Waals surface area contributed by atoms with Crippen LogP contribution in [0.25, 0.3) is 11.0 Å². The first kappa shape index (κ1) is 14.4. The number of aromatic nitrogens is 2. The van der Waals surface area contributed by atoms with Crippen molar-refractivity contribution in [3.8, 4) is 5.75 Å². The number of hydrogen-bond donors (Lipinski definition) is 1. The van der Waals surface area contributed by atoms with E-state index < -0.39 is 0 Å². The Balaban J connectivity index is 1.85. The molecule has 108 valence electrons. The lowest BCUT2D eigenvalue weighted by Gasteiger charge is -2.06. The van der Waals surface area contributed by atoms with Gasteiger partial charge in [0.05, 0.1) is 18.1 Å². The lowest BCUT2D eigenvalue weighted by molar-refractivity contribution is 0.414. The zero-order valence-electron chi connectivity index (χ0n) is 11.6. The minimum absolute atomic E-state index is 0.761. The highest BCUT2D eigenvalue weighted by molar-refractivity contribution is 9.10. The van der Waals surface area contributed by atoms with Gasteiger partial charge < -0.3 is 14.3 Å². The number of benzene rings is 2. The van der Waals surface area contributed by atoms with Crippen LogP contribution >= 0.6 is 28.1 Å². The van der Waals surface area contributed by atoms with Gasteiger partial charge in [-0.15, -0.1) is 0 Å². The maximum absolute atomic E-state index is 5.42. The molecule has 0 spiro atoms. The molecule has 1 N–H and O–H groups in total. The van der Waals surface area contributed by atoms with Crippen molar-refractivity contribution in [1.29, 1.82) is 0 Å². The maximum atomic E-state index is 5.42. The van der Waals surface area contributed by atoms with Gasteiger partial charge in [-0.3, -0.25) is 0 Å². The predicted molar refractivity (Wildman–Crippen MR) is 91.5 cm³/mol. The van der Waals surface area contributed by atoms with E-state index in [1.807, 2.05) is 24.3 Å². The van der Waals surface area contributed by atoms with Gasteiger partial charge in [-0.25, -0.2) is 0 Å². The lowest BCUT2D eigenvalue weighted by atomic mass is 10.1. The van der Waals surface area contributed by atoms with Gasteiger partial charge in [-0.2, -0.15) is 0 Å². The highest BCUT2D eigenvalue weighted by Crippen LogP contribution is 2.20. The van der Waals surface area contributed by atoms with Crippen molar-refractivity contribution in [2.45, 2.75) is 13.0 Å². The monoisotopic (exact) mass is 362 g/mol. The molecule has 0 aliphatic carbocycles. The standard InChI is InChI=1S/C16H15BrN2OS/c1-20-13-5-2-11(3-6-13)8-9-19-15-10-12(17)4-7-14(15)18-16(19)21/h2-7,10H,8-9H2,1H3,(H,18,21). The molecule has 1 aromatic heterocycles. The largest absolute Gasteiger partial charge is 0.497 e. The van der Waals surface area contributed by atoms with Crippen molar-refractivity contribution in [1.82, 2.24) is 9.55 Å². The minimum Gasteiger partial charge on any atom is -0.497 e. The molecule has 0 fully saturated rings. The van der Waals surface area contributed by atoms with Crippen molar-refractivity contribution in [3.05, 3.63) is 57.3 Å². The molecule has 0 radical (unpaired) electrons. The number of hydrogen-bond acceptors (Lipinski definition) is 2. The minimum atomic E-state index is 0.761. The molecule has 21 heavy (non-hydrogen) atoms. The summed E-state index contributed by atoms with van der Waals surface area (Å²) >= 11 is 8.94. The van der Waals surface area contributed by atoms with E-state index in [0.29, 0.717) is 0 Å². The first-order chi connectivity index (χ1) is 10.2. The number of H-pyrrole nitrogens is 1. The van der Waals surface area contributed by atoms with Crippen LogP contribution in [0.3, 0.4) is 0 Å². The third-order valence-corrected chi connectivity index (χ3v) is 4.34. The number of nitrogens with one attached hydrogen (secondary N) is 1. The average Bonchev–Trinajstić information content (AvgIpc) is 2.80. The van der Waals surface area contributed by atoms with Gasteiger partial charge in [0.1, 0.15) is 5.75 Å². The third-order valence-electron chi connectivity index (χ3n) is 3.52. The Kier molecular flexibility index (Phi) is 4.12. The zero-order valence-corrected chi connectivity index (χ0v) is 14.0. The molecule has 0 amide bonds. The predicted octanol–water partition coefficient (Wildman–Crippen LogP) is 4.71. The van der Waals surface area contributed by atoms with Crippen LogP contribution in [0.5, 0.6) is 5.75 Å². The second-order valence-corrected chi connectivity index (χ2v) is 6.14. The molecular formula is C16H15BrN2OS. The smallest absolute Gasteiger partial charge is 0.178 e. The van der Waals surface area contributed by atoms with E-state index in [2.05, 4.69) is 43.7 Å². The molecule has 1 heterocycles. The molecule has 0 atom stereocenters. The SMILES string of the molecule is COc1ccc(CCn2c(=S)[nH]c3ccc(Br)cc32)cc1. The number of aromatic amines is 1. The fraction of sp³-hybridized carbons (Fsp3) is 0.188. The van der Waals surface area contributed by atoms with E-state index in [0.717, 1.165) is 39.0 Å². The lowest BCUT2D eigenvalue weighted by Crippen LogP contribution is -2.01. The van der Waals surface area contributed by atoms with Gasteiger partial charge in [0.25, 0.3) is 0 Å². The number of nitrogens with zero attached hydrogens (tertiary/aromatic N) is 1. The zero-order chi connectivity index (χ0) is 14.8. The molecule has 0 aliphatic rings. The van der Waals surface area contributed by atoms with Crippen molar-refractivity contribution in [2.75, 3.05) is 7.11 Å². The Morgan fingerprint density at radius 1 is 1.19 bits per heavy atom. The molecule has 0 aliphatic heterocycles. The van der Waals surface area contributed by atoms with E-state index >= 15 is 0 Å². The maximum Gasteiger partial charge on any atom is 0.178 e. The number of halogens is 1. The summed E-state index contributed by atoms with van der Waals surface area (Å²) in [7, 11) is 1.68. The highest BCUT2D eigenvalue weighted by Gasteiger charge is 2.05. The summed E-state index contributed by atoms with van der Waals surface area (Å²) in [5, 5.41) is 0. The molecular weight excluding hydrogens is 348 g/mol. The quantitative estimate of drug-likeness (QED) is 0.681. The summed E-state index contributed by atoms with van der Waals surface area (Å²) in [6.07, 6.45) is 0.928. The third kappa shape index (κ3) is 3.04. The van der Waals surface area contributed by atoms with Gasteiger partial charge in [-0.1, -0.05) is 28.1 Å². The van der Waals surface area contributed by atoms with Gasteiger partial charge in [0.2, 0.25) is 0 Å². The number of ether oxygens (including phenoxy) is 1. The Hall–Kier alpha value is -1.59. The summed E-state index contributed by atoms with van der Waals surface area (Å²) in [5.74, 6) is 0.881. The van der Waals surface area contributed by atoms with Crippen molar-refractivity contribution < 1.29 is 4.74 Å². The van der Waals surface area contributed by atoms with E-state index in [-0.39, 0.29) is 0 Å². The summed E-state index contributed by atoms with van der Waals surface area (Å²) < 4.78 is 9.13. The molecule has 3 aromatic rings. The van der Waals surface area contributed by atoms with E-state index in [1.54, 1.807) is 7.11 Å². The van der Waals surface area contributed by atoms with Gasteiger partial charge in [0.15, 0.2) is 4.77 Å². The normalized spacial score (nSPS) is 11.0. The van der Waals surface area contributed by atoms with Crippen LogP contribution in [-0.4, -0.2) is 16.7 Å². The molecule has 5 heteroatoms. The molecule has 3 nitrogen and oxygen atoms in total. The fourth-order valence-electron chi connectivity index (χ4n) is 2.38. The van der Waals surface area contributed by atoms with Crippen molar-refractivity contribution in [3.63, 3.8) is 0 Å². The Morgan fingerprint density at radius 2 is 1.95 bits per heavy atom. The average molecular weight is 363 g/mol. The molecule has 2 aromatic carbocycles. The summed E-state index contributed by atoms with van der Waals surface area (Å²) in [6.45, 7) is 0.849. The first-order valence-electron chi connectivity index (χ1n) is 6.68. The van der Waals surface area contributed by atoms with Crippen molar-refractivity contribution in [2.24, 2.45) is 0 Å². The second kappa shape index (κ2) is 6.03. The van der Waals surface area contributed by atoms with E-state index in [1.165, 1.54) is 5.56 Å². The molecule has 0 unspecified atom stereocenters. The molecule has 0 saturated heterocycles. The highest BCUT2D eigenvalue weighted by atomic mass is 79.9. The number of methoxy groups -OCH3 is 1. The summed E-state index contributed by atoms with van der Waals surface area (Å²) in [4.78, 5) is 3.25. The van der Waals surface area contributed by atoms with Crippen LogP contribution in [0, 0.1) is 4.77 Å². The van der Waals surface area contributed by atoms with Crippen molar-refractivity contribution >= 4 is 39.2 Å².